The standard InChI is InChI=1S/C9H14BrN5.ClH/c1-14(10)8-2-3-12-9(13-8)15-6-4-11-5-7-15;/h2-3,11H,4-7H2,1H3;1H. The fraction of sp³-hybridized carbons (Fsp3) is 0.556. The third kappa shape index (κ3) is 3.20. The van der Waals surface area contributed by atoms with E-state index in [1.165, 1.54) is 0 Å². The molecule has 1 aliphatic heterocycles. The summed E-state index contributed by atoms with van der Waals surface area (Å²) in [5.74, 6) is 1.68. The average molecular weight is 309 g/mol. The van der Waals surface area contributed by atoms with E-state index >= 15 is 0 Å². The Bertz CT molecular complexity index is 329. The lowest BCUT2D eigenvalue weighted by atomic mass is 10.4. The van der Waals surface area contributed by atoms with Gasteiger partial charge in [0.1, 0.15) is 5.82 Å². The Kier molecular flexibility index (Phi) is 5.24. The van der Waals surface area contributed by atoms with Crippen molar-refractivity contribution in [2.45, 2.75) is 0 Å². The topological polar surface area (TPSA) is 44.3 Å². The van der Waals surface area contributed by atoms with Gasteiger partial charge < -0.3 is 10.2 Å². The van der Waals surface area contributed by atoms with Crippen LogP contribution >= 0.6 is 28.6 Å². The number of halogens is 2. The lowest BCUT2D eigenvalue weighted by Gasteiger charge is -2.27. The van der Waals surface area contributed by atoms with Gasteiger partial charge in [0.25, 0.3) is 0 Å². The zero-order valence-corrected chi connectivity index (χ0v) is 11.5. The van der Waals surface area contributed by atoms with Gasteiger partial charge in [-0.1, -0.05) is 0 Å². The molecule has 1 saturated heterocycles. The van der Waals surface area contributed by atoms with E-state index in [1.54, 1.807) is 10.1 Å². The number of rotatable bonds is 2. The van der Waals surface area contributed by atoms with Gasteiger partial charge in [-0.3, -0.25) is 3.93 Å². The van der Waals surface area contributed by atoms with Gasteiger partial charge in [-0.05, 0) is 0 Å². The molecular weight excluding hydrogens is 293 g/mol. The summed E-state index contributed by atoms with van der Waals surface area (Å²) in [7, 11) is 1.91. The maximum Gasteiger partial charge on any atom is 0.227 e. The molecule has 16 heavy (non-hydrogen) atoms. The van der Waals surface area contributed by atoms with E-state index in [9.17, 15) is 0 Å². The Hall–Kier alpha value is -0.590. The van der Waals surface area contributed by atoms with Gasteiger partial charge >= 0.3 is 0 Å². The van der Waals surface area contributed by atoms with Crippen LogP contribution in [0.5, 0.6) is 0 Å². The van der Waals surface area contributed by atoms with Crippen LogP contribution in [0.25, 0.3) is 0 Å². The molecule has 0 spiro atoms. The fourth-order valence-corrected chi connectivity index (χ4v) is 1.73. The smallest absolute Gasteiger partial charge is 0.227 e. The quantitative estimate of drug-likeness (QED) is 0.828. The highest BCUT2D eigenvalue weighted by Gasteiger charge is 2.13. The third-order valence-electron chi connectivity index (χ3n) is 2.34. The monoisotopic (exact) mass is 307 g/mol. The highest BCUT2D eigenvalue weighted by molar-refractivity contribution is 9.10. The molecule has 0 saturated carbocycles. The molecule has 0 aliphatic carbocycles. The molecule has 1 N–H and O–H groups in total. The van der Waals surface area contributed by atoms with Crippen LogP contribution in [0.1, 0.15) is 0 Å². The molecule has 2 rings (SSSR count). The van der Waals surface area contributed by atoms with Crippen molar-refractivity contribution in [1.29, 1.82) is 0 Å². The van der Waals surface area contributed by atoms with Crippen LogP contribution in [0, 0.1) is 0 Å². The molecule has 1 aliphatic rings. The third-order valence-corrected chi connectivity index (χ3v) is 2.71. The molecule has 0 radical (unpaired) electrons. The highest BCUT2D eigenvalue weighted by atomic mass is 79.9. The predicted octanol–water partition coefficient (Wildman–Crippen LogP) is 1.05. The average Bonchev–Trinajstić information content (AvgIpc) is 2.30. The van der Waals surface area contributed by atoms with Gasteiger partial charge in [0.05, 0.1) is 16.1 Å². The molecule has 1 aromatic heterocycles. The number of hydrogen-bond donors (Lipinski definition) is 1. The minimum atomic E-state index is 0. The number of nitrogens with zero attached hydrogens (tertiary/aromatic N) is 4. The summed E-state index contributed by atoms with van der Waals surface area (Å²) >= 11 is 3.35. The molecule has 1 fully saturated rings. The molecule has 0 amide bonds. The van der Waals surface area contributed by atoms with Gasteiger partial charge in [0, 0.05) is 45.5 Å². The maximum absolute atomic E-state index is 4.46. The number of aromatic nitrogens is 2. The van der Waals surface area contributed by atoms with Crippen molar-refractivity contribution in [2.24, 2.45) is 0 Å². The van der Waals surface area contributed by atoms with Gasteiger partial charge in [-0.15, -0.1) is 12.4 Å². The predicted molar refractivity (Wildman–Crippen MR) is 71.7 cm³/mol. The number of piperazine rings is 1. The zero-order chi connectivity index (χ0) is 10.7. The Balaban J connectivity index is 0.00000128. The van der Waals surface area contributed by atoms with Gasteiger partial charge in [-0.25, -0.2) is 4.98 Å². The van der Waals surface area contributed by atoms with Crippen LogP contribution < -0.4 is 14.1 Å². The molecule has 2 heterocycles. The van der Waals surface area contributed by atoms with Crippen LogP contribution in [0.3, 0.4) is 0 Å². The second-order valence-corrected chi connectivity index (χ2v) is 4.49. The lowest BCUT2D eigenvalue weighted by Crippen LogP contribution is -2.44. The molecule has 7 heteroatoms. The summed E-state index contributed by atoms with van der Waals surface area (Å²) in [6, 6.07) is 1.88. The van der Waals surface area contributed by atoms with Crippen molar-refractivity contribution in [3.8, 4) is 0 Å². The Morgan fingerprint density at radius 1 is 1.44 bits per heavy atom. The molecule has 0 unspecified atom stereocenters. The first-order valence-corrected chi connectivity index (χ1v) is 5.66. The van der Waals surface area contributed by atoms with Crippen molar-refractivity contribution in [1.82, 2.24) is 15.3 Å². The van der Waals surface area contributed by atoms with E-state index in [-0.39, 0.29) is 12.4 Å². The first kappa shape index (κ1) is 13.5. The second-order valence-electron chi connectivity index (χ2n) is 3.43. The van der Waals surface area contributed by atoms with E-state index in [0.29, 0.717) is 0 Å². The number of anilines is 2. The Labute approximate surface area is 110 Å². The van der Waals surface area contributed by atoms with E-state index in [1.807, 2.05) is 13.1 Å². The maximum atomic E-state index is 4.46. The van der Waals surface area contributed by atoms with E-state index in [2.05, 4.69) is 36.3 Å². The van der Waals surface area contributed by atoms with E-state index < -0.39 is 0 Å². The van der Waals surface area contributed by atoms with Crippen LogP contribution in [-0.4, -0.2) is 43.2 Å². The van der Waals surface area contributed by atoms with Crippen molar-refractivity contribution in [2.75, 3.05) is 42.1 Å². The molecular formula is C9H15BrClN5. The van der Waals surface area contributed by atoms with Crippen molar-refractivity contribution in [3.63, 3.8) is 0 Å². The summed E-state index contributed by atoms with van der Waals surface area (Å²) in [6.45, 7) is 3.93. The van der Waals surface area contributed by atoms with Crippen molar-refractivity contribution >= 4 is 40.3 Å². The van der Waals surface area contributed by atoms with Crippen LogP contribution in [0.15, 0.2) is 12.3 Å². The Morgan fingerprint density at radius 2 is 2.12 bits per heavy atom. The number of hydrogen-bond acceptors (Lipinski definition) is 5. The van der Waals surface area contributed by atoms with Gasteiger partial charge in [-0.2, -0.15) is 4.98 Å². The molecule has 5 nitrogen and oxygen atoms in total. The number of nitrogens with one attached hydrogen (secondary N) is 1. The van der Waals surface area contributed by atoms with Crippen LogP contribution in [-0.2, 0) is 0 Å². The van der Waals surface area contributed by atoms with Crippen LogP contribution in [0.2, 0.25) is 0 Å². The largest absolute Gasteiger partial charge is 0.338 e. The molecule has 0 aromatic carbocycles. The van der Waals surface area contributed by atoms with Gasteiger partial charge in [0.15, 0.2) is 0 Å². The Morgan fingerprint density at radius 3 is 2.75 bits per heavy atom. The summed E-state index contributed by atoms with van der Waals surface area (Å²) in [4.78, 5) is 10.9. The second kappa shape index (κ2) is 6.22. The minimum absolute atomic E-state index is 0. The lowest BCUT2D eigenvalue weighted by molar-refractivity contribution is 0.580. The summed E-state index contributed by atoms with van der Waals surface area (Å²) in [6.07, 6.45) is 1.79. The summed E-state index contributed by atoms with van der Waals surface area (Å²) in [5, 5.41) is 3.30. The SMILES string of the molecule is CN(Br)c1ccnc(N2CCNCC2)n1.Cl. The van der Waals surface area contributed by atoms with Crippen molar-refractivity contribution in [3.05, 3.63) is 12.3 Å². The summed E-state index contributed by atoms with van der Waals surface area (Å²) in [5.41, 5.74) is 0. The van der Waals surface area contributed by atoms with Crippen LogP contribution in [0.4, 0.5) is 11.8 Å². The molecule has 0 bridgehead atoms. The molecule has 1 aromatic rings. The van der Waals surface area contributed by atoms with E-state index in [4.69, 9.17) is 0 Å². The zero-order valence-electron chi connectivity index (χ0n) is 9.06. The fourth-order valence-electron chi connectivity index (χ4n) is 1.53. The summed E-state index contributed by atoms with van der Waals surface area (Å²) < 4.78 is 1.81. The highest BCUT2D eigenvalue weighted by Crippen LogP contribution is 2.15. The normalized spacial score (nSPS) is 15.5. The van der Waals surface area contributed by atoms with E-state index in [0.717, 1.165) is 37.9 Å². The molecule has 90 valence electrons. The minimum Gasteiger partial charge on any atom is -0.338 e. The first-order valence-electron chi connectivity index (χ1n) is 4.95. The van der Waals surface area contributed by atoms with Crippen molar-refractivity contribution < 1.29 is 0 Å². The van der Waals surface area contributed by atoms with Gasteiger partial charge in [0.2, 0.25) is 5.95 Å². The molecule has 0 atom stereocenters. The first-order chi connectivity index (χ1) is 7.27.